The maximum atomic E-state index is 13.3. The zero-order valence-electron chi connectivity index (χ0n) is 7.91. The molecule has 0 bridgehead atoms. The third-order valence-electron chi connectivity index (χ3n) is 1.74. The van der Waals surface area contributed by atoms with Crippen LogP contribution in [0.3, 0.4) is 0 Å². The Morgan fingerprint density at radius 1 is 1.67 bits per heavy atom. The van der Waals surface area contributed by atoms with Crippen LogP contribution in [0.4, 0.5) is 8.78 Å². The molecule has 1 aromatic heterocycles. The molecule has 15 heavy (non-hydrogen) atoms. The standard InChI is InChI=1S/C9H9F2NO3/c1-15-7-4-6(2-3-12-7)9(10,11)5-8(13)14/h2-4H,5H2,1H3,(H,13,14). The summed E-state index contributed by atoms with van der Waals surface area (Å²) in [7, 11) is 1.29. The molecule has 4 nitrogen and oxygen atoms in total. The molecule has 0 atom stereocenters. The summed E-state index contributed by atoms with van der Waals surface area (Å²) >= 11 is 0. The molecule has 82 valence electrons. The predicted octanol–water partition coefficient (Wildman–Crippen LogP) is 1.66. The molecule has 1 N–H and O–H groups in total. The smallest absolute Gasteiger partial charge is 0.309 e. The van der Waals surface area contributed by atoms with Crippen molar-refractivity contribution in [2.45, 2.75) is 12.3 Å². The number of hydrogen-bond acceptors (Lipinski definition) is 3. The number of rotatable bonds is 4. The van der Waals surface area contributed by atoms with Crippen molar-refractivity contribution >= 4 is 5.97 Å². The second-order valence-electron chi connectivity index (χ2n) is 2.86. The zero-order chi connectivity index (χ0) is 11.5. The number of halogens is 2. The number of aromatic nitrogens is 1. The van der Waals surface area contributed by atoms with Crippen molar-refractivity contribution in [1.29, 1.82) is 0 Å². The molecule has 0 aliphatic rings. The Balaban J connectivity index is 2.98. The molecular formula is C9H9F2NO3. The largest absolute Gasteiger partial charge is 0.481 e. The Bertz CT molecular complexity index is 368. The lowest BCUT2D eigenvalue weighted by Gasteiger charge is -2.14. The van der Waals surface area contributed by atoms with Gasteiger partial charge in [-0.15, -0.1) is 0 Å². The van der Waals surface area contributed by atoms with Gasteiger partial charge in [-0.1, -0.05) is 0 Å². The van der Waals surface area contributed by atoms with Crippen LogP contribution < -0.4 is 4.74 Å². The van der Waals surface area contributed by atoms with Gasteiger partial charge in [0.1, 0.15) is 6.42 Å². The Morgan fingerprint density at radius 2 is 2.33 bits per heavy atom. The molecule has 0 radical (unpaired) electrons. The van der Waals surface area contributed by atoms with Crippen LogP contribution in [0.2, 0.25) is 0 Å². The molecular weight excluding hydrogens is 208 g/mol. The average Bonchev–Trinajstić information content (AvgIpc) is 2.16. The summed E-state index contributed by atoms with van der Waals surface area (Å²) in [5.41, 5.74) is -0.420. The quantitative estimate of drug-likeness (QED) is 0.833. The fourth-order valence-corrected chi connectivity index (χ4v) is 1.04. The van der Waals surface area contributed by atoms with Gasteiger partial charge in [0.2, 0.25) is 5.88 Å². The van der Waals surface area contributed by atoms with Crippen molar-refractivity contribution in [3.8, 4) is 5.88 Å². The highest BCUT2D eigenvalue weighted by atomic mass is 19.3. The number of methoxy groups -OCH3 is 1. The first-order valence-corrected chi connectivity index (χ1v) is 4.06. The van der Waals surface area contributed by atoms with Crippen molar-refractivity contribution in [1.82, 2.24) is 4.98 Å². The Hall–Kier alpha value is -1.72. The summed E-state index contributed by atoms with van der Waals surface area (Å²) in [6, 6.07) is 2.08. The number of carboxylic acid groups (broad SMARTS) is 1. The summed E-state index contributed by atoms with van der Waals surface area (Å²) in [6.45, 7) is 0. The first kappa shape index (κ1) is 11.4. The van der Waals surface area contributed by atoms with Crippen molar-refractivity contribution in [3.63, 3.8) is 0 Å². The number of aliphatic carboxylic acids is 1. The number of carboxylic acids is 1. The lowest BCUT2D eigenvalue weighted by atomic mass is 10.1. The van der Waals surface area contributed by atoms with Crippen LogP contribution in [0.15, 0.2) is 18.3 Å². The van der Waals surface area contributed by atoms with Crippen LogP contribution in [0.1, 0.15) is 12.0 Å². The fourth-order valence-electron chi connectivity index (χ4n) is 1.04. The molecule has 0 saturated heterocycles. The number of carbonyl (C=O) groups is 1. The molecule has 0 saturated carbocycles. The van der Waals surface area contributed by atoms with Gasteiger partial charge >= 0.3 is 5.97 Å². The molecule has 1 aromatic rings. The van der Waals surface area contributed by atoms with Crippen molar-refractivity contribution < 1.29 is 23.4 Å². The average molecular weight is 217 g/mol. The van der Waals surface area contributed by atoms with Gasteiger partial charge in [-0.2, -0.15) is 0 Å². The van der Waals surface area contributed by atoms with E-state index in [1.165, 1.54) is 7.11 Å². The Kier molecular flexibility index (Phi) is 3.18. The minimum atomic E-state index is -3.41. The molecule has 0 unspecified atom stereocenters. The summed E-state index contributed by atoms with van der Waals surface area (Å²) in [6.07, 6.45) is -0.107. The van der Waals surface area contributed by atoms with E-state index in [1.54, 1.807) is 0 Å². The van der Waals surface area contributed by atoms with Crippen molar-refractivity contribution in [3.05, 3.63) is 23.9 Å². The second-order valence-corrected chi connectivity index (χ2v) is 2.86. The maximum Gasteiger partial charge on any atom is 0.309 e. The molecule has 0 fully saturated rings. The van der Waals surface area contributed by atoms with E-state index in [4.69, 9.17) is 5.11 Å². The van der Waals surface area contributed by atoms with Crippen LogP contribution >= 0.6 is 0 Å². The van der Waals surface area contributed by atoms with E-state index in [1.807, 2.05) is 0 Å². The van der Waals surface area contributed by atoms with Crippen LogP contribution in [0.25, 0.3) is 0 Å². The van der Waals surface area contributed by atoms with E-state index in [-0.39, 0.29) is 5.88 Å². The van der Waals surface area contributed by atoms with Gasteiger partial charge in [-0.05, 0) is 6.07 Å². The van der Waals surface area contributed by atoms with Gasteiger partial charge < -0.3 is 9.84 Å². The number of ether oxygens (including phenoxy) is 1. The van der Waals surface area contributed by atoms with Gasteiger partial charge in [0.25, 0.3) is 5.92 Å². The first-order chi connectivity index (χ1) is 6.95. The summed E-state index contributed by atoms with van der Waals surface area (Å²) in [4.78, 5) is 13.9. The molecule has 0 spiro atoms. The topological polar surface area (TPSA) is 59.4 Å². The fraction of sp³-hybridized carbons (Fsp3) is 0.333. The minimum Gasteiger partial charge on any atom is -0.481 e. The van der Waals surface area contributed by atoms with Gasteiger partial charge in [0.05, 0.1) is 7.11 Å². The van der Waals surface area contributed by atoms with Gasteiger partial charge in [0.15, 0.2) is 0 Å². The zero-order valence-corrected chi connectivity index (χ0v) is 7.91. The molecule has 0 aliphatic heterocycles. The Morgan fingerprint density at radius 3 is 2.87 bits per heavy atom. The lowest BCUT2D eigenvalue weighted by Crippen LogP contribution is -2.18. The van der Waals surface area contributed by atoms with Gasteiger partial charge in [-0.3, -0.25) is 4.79 Å². The summed E-state index contributed by atoms with van der Waals surface area (Å²) < 4.78 is 31.2. The van der Waals surface area contributed by atoms with Crippen LogP contribution in [0, 0.1) is 0 Å². The van der Waals surface area contributed by atoms with Crippen molar-refractivity contribution in [2.75, 3.05) is 7.11 Å². The van der Waals surface area contributed by atoms with Crippen LogP contribution in [0.5, 0.6) is 5.88 Å². The molecule has 1 heterocycles. The van der Waals surface area contributed by atoms with Crippen molar-refractivity contribution in [2.24, 2.45) is 0 Å². The van der Waals surface area contributed by atoms with E-state index in [9.17, 15) is 13.6 Å². The maximum absolute atomic E-state index is 13.3. The molecule has 0 aromatic carbocycles. The van der Waals surface area contributed by atoms with E-state index in [2.05, 4.69) is 9.72 Å². The van der Waals surface area contributed by atoms with Crippen LogP contribution in [-0.2, 0) is 10.7 Å². The number of nitrogens with zero attached hydrogens (tertiary/aromatic N) is 1. The number of hydrogen-bond donors (Lipinski definition) is 1. The van der Waals surface area contributed by atoms with Crippen LogP contribution in [-0.4, -0.2) is 23.2 Å². The normalized spacial score (nSPS) is 11.1. The monoisotopic (exact) mass is 217 g/mol. The highest BCUT2D eigenvalue weighted by Gasteiger charge is 2.35. The molecule has 1 rings (SSSR count). The lowest BCUT2D eigenvalue weighted by molar-refractivity contribution is -0.145. The van der Waals surface area contributed by atoms with Gasteiger partial charge in [0, 0.05) is 17.8 Å². The SMILES string of the molecule is COc1cc(C(F)(F)CC(=O)O)ccn1. The summed E-state index contributed by atoms with van der Waals surface area (Å²) in [5, 5.41) is 8.31. The second kappa shape index (κ2) is 4.20. The molecule has 6 heteroatoms. The predicted molar refractivity (Wildman–Crippen MR) is 46.9 cm³/mol. The third kappa shape index (κ3) is 2.87. The highest BCUT2D eigenvalue weighted by Crippen LogP contribution is 2.32. The number of alkyl halides is 2. The minimum absolute atomic E-state index is 0.0255. The van der Waals surface area contributed by atoms with Gasteiger partial charge in [-0.25, -0.2) is 13.8 Å². The third-order valence-corrected chi connectivity index (χ3v) is 1.74. The first-order valence-electron chi connectivity index (χ1n) is 4.06. The van der Waals surface area contributed by atoms with E-state index in [0.29, 0.717) is 0 Å². The molecule has 0 aliphatic carbocycles. The highest BCUT2D eigenvalue weighted by molar-refractivity contribution is 5.68. The van der Waals surface area contributed by atoms with E-state index >= 15 is 0 Å². The summed E-state index contributed by atoms with van der Waals surface area (Å²) in [5.74, 6) is -4.95. The molecule has 0 amide bonds. The Labute approximate surface area is 84.5 Å². The van der Waals surface area contributed by atoms with E-state index < -0.39 is 23.9 Å². The number of pyridine rings is 1. The van der Waals surface area contributed by atoms with E-state index in [0.717, 1.165) is 18.3 Å².